The summed E-state index contributed by atoms with van der Waals surface area (Å²) in [6, 6.07) is 5.19. The van der Waals surface area contributed by atoms with E-state index in [-0.39, 0.29) is 11.9 Å². The lowest BCUT2D eigenvalue weighted by Gasteiger charge is -2.14. The van der Waals surface area contributed by atoms with E-state index < -0.39 is 0 Å². The van der Waals surface area contributed by atoms with Gasteiger partial charge in [-0.05, 0) is 32.0 Å². The van der Waals surface area contributed by atoms with Gasteiger partial charge in [0.05, 0.1) is 18.5 Å². The fraction of sp³-hybridized carbons (Fsp3) is 0.417. The molecule has 16 heavy (non-hydrogen) atoms. The van der Waals surface area contributed by atoms with Gasteiger partial charge < -0.3 is 9.47 Å². The van der Waals surface area contributed by atoms with E-state index in [2.05, 4.69) is 15.9 Å². The first-order valence-electron chi connectivity index (χ1n) is 5.02. The van der Waals surface area contributed by atoms with Gasteiger partial charge in [-0.25, -0.2) is 0 Å². The molecule has 0 aromatic heterocycles. The van der Waals surface area contributed by atoms with E-state index in [4.69, 9.17) is 9.47 Å². The number of halogens is 1. The summed E-state index contributed by atoms with van der Waals surface area (Å²) in [6.45, 7) is 3.86. The maximum Gasteiger partial charge on any atom is 0.173 e. The molecular weight excluding hydrogens is 272 g/mol. The van der Waals surface area contributed by atoms with Crippen molar-refractivity contribution in [2.45, 2.75) is 20.0 Å². The van der Waals surface area contributed by atoms with Crippen LogP contribution >= 0.6 is 15.9 Å². The molecule has 1 aromatic rings. The monoisotopic (exact) mass is 286 g/mol. The van der Waals surface area contributed by atoms with Crippen LogP contribution in [0.4, 0.5) is 0 Å². The molecule has 0 aliphatic carbocycles. The molecule has 0 heterocycles. The number of carbonyl (C=O) groups excluding carboxylic acids is 1. The molecule has 0 unspecified atom stereocenters. The fourth-order valence-electron chi connectivity index (χ4n) is 1.27. The van der Waals surface area contributed by atoms with Crippen molar-refractivity contribution in [2.75, 3.05) is 12.4 Å². The third kappa shape index (κ3) is 3.23. The van der Waals surface area contributed by atoms with E-state index in [0.717, 1.165) is 0 Å². The van der Waals surface area contributed by atoms with Crippen molar-refractivity contribution in [1.82, 2.24) is 0 Å². The Bertz CT molecular complexity index is 375. The summed E-state index contributed by atoms with van der Waals surface area (Å²) >= 11 is 3.14. The standard InChI is InChI=1S/C12H15BrO3/c1-8(2)16-12-6-9(10(14)7-13)4-5-11(12)15-3/h4-6,8H,7H2,1-3H3. The highest BCUT2D eigenvalue weighted by molar-refractivity contribution is 9.09. The Morgan fingerprint density at radius 3 is 2.56 bits per heavy atom. The predicted molar refractivity (Wildman–Crippen MR) is 66.9 cm³/mol. The van der Waals surface area contributed by atoms with E-state index in [1.165, 1.54) is 0 Å². The SMILES string of the molecule is COc1ccc(C(=O)CBr)cc1OC(C)C. The molecular formula is C12H15BrO3. The second kappa shape index (κ2) is 5.89. The van der Waals surface area contributed by atoms with Crippen LogP contribution in [0.25, 0.3) is 0 Å². The van der Waals surface area contributed by atoms with Crippen molar-refractivity contribution in [1.29, 1.82) is 0 Å². The lowest BCUT2D eigenvalue weighted by molar-refractivity contribution is 0.102. The highest BCUT2D eigenvalue weighted by atomic mass is 79.9. The minimum atomic E-state index is 0.0243. The normalized spacial score (nSPS) is 10.3. The quantitative estimate of drug-likeness (QED) is 0.616. The van der Waals surface area contributed by atoms with Crippen molar-refractivity contribution in [2.24, 2.45) is 0 Å². The molecule has 88 valence electrons. The van der Waals surface area contributed by atoms with Crippen LogP contribution in [0.15, 0.2) is 18.2 Å². The van der Waals surface area contributed by atoms with Crippen LogP contribution in [-0.2, 0) is 0 Å². The second-order valence-corrected chi connectivity index (χ2v) is 4.15. The van der Waals surface area contributed by atoms with E-state index in [0.29, 0.717) is 22.4 Å². The number of ketones is 1. The minimum absolute atomic E-state index is 0.0243. The Morgan fingerprint density at radius 2 is 2.06 bits per heavy atom. The number of methoxy groups -OCH3 is 1. The summed E-state index contributed by atoms with van der Waals surface area (Å²) in [5.41, 5.74) is 0.619. The molecule has 0 atom stereocenters. The number of carbonyl (C=O) groups is 1. The molecule has 0 fully saturated rings. The average Bonchev–Trinajstić information content (AvgIpc) is 2.27. The van der Waals surface area contributed by atoms with Crippen LogP contribution < -0.4 is 9.47 Å². The Balaban J connectivity index is 3.05. The Morgan fingerprint density at radius 1 is 1.38 bits per heavy atom. The van der Waals surface area contributed by atoms with Gasteiger partial charge in [-0.15, -0.1) is 0 Å². The second-order valence-electron chi connectivity index (χ2n) is 3.59. The van der Waals surface area contributed by atoms with Crippen molar-refractivity contribution >= 4 is 21.7 Å². The van der Waals surface area contributed by atoms with Crippen LogP contribution in [0.2, 0.25) is 0 Å². The van der Waals surface area contributed by atoms with E-state index in [1.807, 2.05) is 13.8 Å². The first-order chi connectivity index (χ1) is 7.58. The molecule has 0 radical (unpaired) electrons. The molecule has 0 saturated heterocycles. The number of Topliss-reactive ketones (excluding diaryl/α,β-unsaturated/α-hetero) is 1. The van der Waals surface area contributed by atoms with Gasteiger partial charge in [0.1, 0.15) is 0 Å². The van der Waals surface area contributed by atoms with Crippen molar-refractivity contribution < 1.29 is 14.3 Å². The van der Waals surface area contributed by atoms with Gasteiger partial charge in [0, 0.05) is 5.56 Å². The summed E-state index contributed by atoms with van der Waals surface area (Å²) in [5, 5.41) is 0.306. The summed E-state index contributed by atoms with van der Waals surface area (Å²) in [4.78, 5) is 11.5. The van der Waals surface area contributed by atoms with E-state index in [1.54, 1.807) is 25.3 Å². The third-order valence-electron chi connectivity index (χ3n) is 1.97. The number of ether oxygens (including phenoxy) is 2. The van der Waals surface area contributed by atoms with Gasteiger partial charge in [-0.2, -0.15) is 0 Å². The van der Waals surface area contributed by atoms with Gasteiger partial charge in [0.15, 0.2) is 17.3 Å². The van der Waals surface area contributed by atoms with Crippen LogP contribution in [0.5, 0.6) is 11.5 Å². The summed E-state index contributed by atoms with van der Waals surface area (Å²) < 4.78 is 10.7. The van der Waals surface area contributed by atoms with Crippen LogP contribution in [0.1, 0.15) is 24.2 Å². The van der Waals surface area contributed by atoms with Crippen molar-refractivity contribution in [3.05, 3.63) is 23.8 Å². The van der Waals surface area contributed by atoms with E-state index >= 15 is 0 Å². The largest absolute Gasteiger partial charge is 0.493 e. The Labute approximate surface area is 104 Å². The topological polar surface area (TPSA) is 35.5 Å². The first-order valence-corrected chi connectivity index (χ1v) is 6.14. The Kier molecular flexibility index (Phi) is 4.80. The maximum atomic E-state index is 11.5. The lowest BCUT2D eigenvalue weighted by atomic mass is 10.1. The van der Waals surface area contributed by atoms with Crippen LogP contribution in [0.3, 0.4) is 0 Å². The van der Waals surface area contributed by atoms with Gasteiger partial charge in [-0.1, -0.05) is 15.9 Å². The fourth-order valence-corrected chi connectivity index (χ4v) is 1.60. The number of alkyl halides is 1. The molecule has 1 aromatic carbocycles. The zero-order chi connectivity index (χ0) is 12.1. The van der Waals surface area contributed by atoms with Gasteiger partial charge in [-0.3, -0.25) is 4.79 Å². The maximum absolute atomic E-state index is 11.5. The van der Waals surface area contributed by atoms with Crippen LogP contribution in [0, 0.1) is 0 Å². The third-order valence-corrected chi connectivity index (χ3v) is 2.48. The predicted octanol–water partition coefficient (Wildman–Crippen LogP) is 3.06. The molecule has 4 heteroatoms. The molecule has 0 amide bonds. The molecule has 0 bridgehead atoms. The zero-order valence-electron chi connectivity index (χ0n) is 9.62. The van der Waals surface area contributed by atoms with Gasteiger partial charge in [0.2, 0.25) is 0 Å². The van der Waals surface area contributed by atoms with Gasteiger partial charge >= 0.3 is 0 Å². The number of hydrogen-bond acceptors (Lipinski definition) is 3. The average molecular weight is 287 g/mol. The van der Waals surface area contributed by atoms with Gasteiger partial charge in [0.25, 0.3) is 0 Å². The highest BCUT2D eigenvalue weighted by Crippen LogP contribution is 2.29. The molecule has 0 saturated carbocycles. The lowest BCUT2D eigenvalue weighted by Crippen LogP contribution is -2.08. The van der Waals surface area contributed by atoms with Crippen molar-refractivity contribution in [3.63, 3.8) is 0 Å². The zero-order valence-corrected chi connectivity index (χ0v) is 11.2. The molecule has 0 aliphatic heterocycles. The highest BCUT2D eigenvalue weighted by Gasteiger charge is 2.11. The molecule has 1 rings (SSSR count). The number of benzene rings is 1. The Hall–Kier alpha value is -1.03. The summed E-state index contributed by atoms with van der Waals surface area (Å²) in [5.74, 6) is 1.26. The molecule has 0 N–H and O–H groups in total. The summed E-state index contributed by atoms with van der Waals surface area (Å²) in [7, 11) is 1.58. The molecule has 0 aliphatic rings. The van der Waals surface area contributed by atoms with E-state index in [9.17, 15) is 4.79 Å². The minimum Gasteiger partial charge on any atom is -0.493 e. The smallest absolute Gasteiger partial charge is 0.173 e. The number of hydrogen-bond donors (Lipinski definition) is 0. The first kappa shape index (κ1) is 13.0. The molecule has 3 nitrogen and oxygen atoms in total. The van der Waals surface area contributed by atoms with Crippen LogP contribution in [-0.4, -0.2) is 24.3 Å². The summed E-state index contributed by atoms with van der Waals surface area (Å²) in [6.07, 6.45) is 0.0447. The van der Waals surface area contributed by atoms with Crippen molar-refractivity contribution in [3.8, 4) is 11.5 Å². The number of rotatable bonds is 5. The molecule has 0 spiro atoms.